The van der Waals surface area contributed by atoms with Crippen LogP contribution in [0.15, 0.2) is 24.3 Å². The van der Waals surface area contributed by atoms with Gasteiger partial charge in [0.25, 0.3) is 0 Å². The first kappa shape index (κ1) is 30.2. The number of aliphatic hydroxyl groups is 1. The van der Waals surface area contributed by atoms with Gasteiger partial charge in [-0.15, -0.1) is 0 Å². The number of aliphatic hydroxyl groups excluding tert-OH is 1. The third kappa shape index (κ3) is 7.14. The number of fused-ring (bicyclic) bond motifs is 1. The topological polar surface area (TPSA) is 108 Å². The van der Waals surface area contributed by atoms with E-state index in [0.29, 0.717) is 38.6 Å². The molecular weight excluding hydrogens is 507 g/mol. The first-order chi connectivity index (χ1) is 18.3. The number of halogens is 3. The molecule has 7 nitrogen and oxygen atoms in total. The van der Waals surface area contributed by atoms with E-state index in [1.54, 1.807) is 11.8 Å². The maximum absolute atomic E-state index is 13.8. The number of carbonyl (C=O) groups excluding carboxylic acids is 1. The Kier molecular flexibility index (Phi) is 9.33. The Morgan fingerprint density at radius 1 is 1.18 bits per heavy atom. The molecular formula is C29H46F3N5O2. The van der Waals surface area contributed by atoms with Crippen LogP contribution in [0.4, 0.5) is 13.2 Å². The van der Waals surface area contributed by atoms with Crippen molar-refractivity contribution in [1.29, 1.82) is 0 Å². The number of hydrogen-bond acceptors (Lipinski definition) is 6. The van der Waals surface area contributed by atoms with Gasteiger partial charge >= 0.3 is 6.18 Å². The molecule has 1 amide bonds. The van der Waals surface area contributed by atoms with Crippen molar-refractivity contribution in [2.24, 2.45) is 17.4 Å². The Morgan fingerprint density at radius 3 is 2.36 bits per heavy atom. The Morgan fingerprint density at radius 2 is 1.79 bits per heavy atom. The largest absolute Gasteiger partial charge is 0.401 e. The fourth-order valence-electron chi connectivity index (χ4n) is 6.78. The average molecular weight is 554 g/mol. The number of nitrogens with two attached hydrogens (primary N) is 2. The zero-order valence-electron chi connectivity index (χ0n) is 23.3. The maximum Gasteiger partial charge on any atom is 0.401 e. The van der Waals surface area contributed by atoms with Crippen molar-refractivity contribution in [3.8, 4) is 0 Å². The van der Waals surface area contributed by atoms with Gasteiger partial charge in [0, 0.05) is 19.1 Å². The molecule has 2 fully saturated rings. The van der Waals surface area contributed by atoms with E-state index in [1.807, 2.05) is 31.2 Å². The summed E-state index contributed by atoms with van der Waals surface area (Å²) in [5, 5.41) is 14.8. The van der Waals surface area contributed by atoms with Crippen LogP contribution >= 0.6 is 0 Å². The van der Waals surface area contributed by atoms with Crippen molar-refractivity contribution in [2.75, 3.05) is 19.6 Å². The van der Waals surface area contributed by atoms with Crippen LogP contribution in [0.3, 0.4) is 0 Å². The van der Waals surface area contributed by atoms with E-state index in [-0.39, 0.29) is 24.4 Å². The second-order valence-electron chi connectivity index (χ2n) is 12.3. The molecule has 1 aromatic rings. The molecule has 4 atom stereocenters. The summed E-state index contributed by atoms with van der Waals surface area (Å²) < 4.78 is 41.4. The minimum Gasteiger partial charge on any atom is -0.376 e. The third-order valence-electron chi connectivity index (χ3n) is 9.34. The lowest BCUT2D eigenvalue weighted by Crippen LogP contribution is -2.68. The lowest BCUT2D eigenvalue weighted by molar-refractivity contribution is -0.159. The number of nitrogens with one attached hydrogen (secondary N) is 1. The van der Waals surface area contributed by atoms with Crippen LogP contribution in [0.2, 0.25) is 0 Å². The Labute approximate surface area is 230 Å². The summed E-state index contributed by atoms with van der Waals surface area (Å²) >= 11 is 0. The van der Waals surface area contributed by atoms with E-state index in [2.05, 4.69) is 5.32 Å². The normalized spacial score (nSPS) is 26.4. The van der Waals surface area contributed by atoms with Crippen LogP contribution in [-0.4, -0.2) is 76.1 Å². The lowest BCUT2D eigenvalue weighted by Gasteiger charge is -2.46. The molecule has 1 aromatic carbocycles. The van der Waals surface area contributed by atoms with E-state index < -0.39 is 36.2 Å². The molecule has 0 aromatic heterocycles. The summed E-state index contributed by atoms with van der Waals surface area (Å²) in [7, 11) is 0. The van der Waals surface area contributed by atoms with Crippen molar-refractivity contribution in [1.82, 2.24) is 15.1 Å². The highest BCUT2D eigenvalue weighted by Crippen LogP contribution is 2.36. The molecule has 1 aliphatic heterocycles. The number of hydrogen-bond donors (Lipinski definition) is 4. The number of amides is 1. The first-order valence-electron chi connectivity index (χ1n) is 14.5. The minimum atomic E-state index is -4.38. The van der Waals surface area contributed by atoms with Gasteiger partial charge in [-0.2, -0.15) is 13.2 Å². The van der Waals surface area contributed by atoms with Crippen molar-refractivity contribution < 1.29 is 23.1 Å². The molecule has 220 valence electrons. The Balaban J connectivity index is 1.56. The minimum absolute atomic E-state index is 0.0167. The van der Waals surface area contributed by atoms with Crippen LogP contribution in [0.1, 0.15) is 76.3 Å². The second-order valence-corrected chi connectivity index (χ2v) is 12.3. The number of likely N-dealkylation sites (tertiary alicyclic amines) is 1. The lowest BCUT2D eigenvalue weighted by atomic mass is 9.82. The summed E-state index contributed by atoms with van der Waals surface area (Å²) in [5.41, 5.74) is 13.1. The summed E-state index contributed by atoms with van der Waals surface area (Å²) in [4.78, 5) is 16.3. The highest BCUT2D eigenvalue weighted by Gasteiger charge is 2.49. The molecule has 0 spiro atoms. The van der Waals surface area contributed by atoms with E-state index >= 15 is 0 Å². The number of carbonyl (C=O) groups is 1. The fourth-order valence-corrected chi connectivity index (χ4v) is 6.78. The van der Waals surface area contributed by atoms with E-state index in [1.165, 1.54) is 4.90 Å². The second kappa shape index (κ2) is 12.0. The predicted octanol–water partition coefficient (Wildman–Crippen LogP) is 3.28. The number of rotatable bonds is 10. The average Bonchev–Trinajstić information content (AvgIpc) is 3.49. The highest BCUT2D eigenvalue weighted by atomic mass is 19.4. The van der Waals surface area contributed by atoms with Crippen LogP contribution in [-0.2, 0) is 17.6 Å². The number of nitrogens with zero attached hydrogens (tertiary/aromatic N) is 2. The molecule has 0 bridgehead atoms. The van der Waals surface area contributed by atoms with Gasteiger partial charge in [-0.25, -0.2) is 0 Å². The molecule has 2 aliphatic carbocycles. The zero-order chi connectivity index (χ0) is 28.4. The summed E-state index contributed by atoms with van der Waals surface area (Å²) in [5.74, 6) is -0.283. The van der Waals surface area contributed by atoms with Gasteiger partial charge in [0.15, 0.2) is 0 Å². The van der Waals surface area contributed by atoms with Gasteiger partial charge in [-0.1, -0.05) is 50.5 Å². The van der Waals surface area contributed by atoms with Crippen molar-refractivity contribution in [3.05, 3.63) is 35.4 Å². The van der Waals surface area contributed by atoms with Gasteiger partial charge in [0.1, 0.15) is 6.23 Å². The number of benzene rings is 1. The van der Waals surface area contributed by atoms with Crippen LogP contribution in [0.25, 0.3) is 0 Å². The predicted molar refractivity (Wildman–Crippen MR) is 146 cm³/mol. The van der Waals surface area contributed by atoms with Crippen molar-refractivity contribution in [3.63, 3.8) is 0 Å². The maximum atomic E-state index is 13.8. The van der Waals surface area contributed by atoms with Gasteiger partial charge in [0.05, 0.1) is 23.8 Å². The van der Waals surface area contributed by atoms with E-state index in [4.69, 9.17) is 11.5 Å². The quantitative estimate of drug-likeness (QED) is 0.354. The first-order valence-corrected chi connectivity index (χ1v) is 14.5. The molecule has 3 aliphatic rings. The molecule has 1 heterocycles. The molecule has 0 radical (unpaired) electrons. The Hall–Kier alpha value is -1.72. The molecule has 1 unspecified atom stereocenters. The molecule has 39 heavy (non-hydrogen) atoms. The van der Waals surface area contributed by atoms with Crippen molar-refractivity contribution in [2.45, 2.75) is 114 Å². The zero-order valence-corrected chi connectivity index (χ0v) is 23.3. The van der Waals surface area contributed by atoms with Gasteiger partial charge < -0.3 is 21.9 Å². The summed E-state index contributed by atoms with van der Waals surface area (Å²) in [6.45, 7) is 2.89. The van der Waals surface area contributed by atoms with E-state index in [9.17, 15) is 23.1 Å². The molecule has 1 saturated carbocycles. The standard InChI is InChI=1S/C29H46F3N5O2/c1-3-27(2,33)26(39)35-24(20-10-5-4-6-11-20)25(38)37-15-9-14-28(37,34)18-36(19-29(30,31)32)23-16-21-12-7-8-13-22(21)17-23/h7-8,12-13,20,23-25,38H,3-6,9-11,14-19,33-34H2,1-2H3,(H,35,39)/t24-,25?,27-,28-/m0/s1. The van der Waals surface area contributed by atoms with Gasteiger partial charge in [0.2, 0.25) is 5.91 Å². The van der Waals surface area contributed by atoms with Crippen LogP contribution in [0, 0.1) is 5.92 Å². The molecule has 4 rings (SSSR count). The van der Waals surface area contributed by atoms with Crippen LogP contribution < -0.4 is 16.8 Å². The highest BCUT2D eigenvalue weighted by molar-refractivity contribution is 5.85. The monoisotopic (exact) mass is 553 g/mol. The summed E-state index contributed by atoms with van der Waals surface area (Å²) in [6, 6.07) is 6.87. The Bertz CT molecular complexity index is 959. The molecule has 10 heteroatoms. The SMILES string of the molecule is CC[C@](C)(N)C(=O)N[C@@H](C1CCCCC1)C(O)N1CCC[C@@]1(N)CN(CC(F)(F)F)C1Cc2ccccc2C1. The van der Waals surface area contributed by atoms with E-state index in [0.717, 1.165) is 43.2 Å². The smallest absolute Gasteiger partial charge is 0.376 e. The van der Waals surface area contributed by atoms with Gasteiger partial charge in [-0.05, 0) is 68.9 Å². The molecule has 1 saturated heterocycles. The third-order valence-corrected chi connectivity index (χ3v) is 9.34. The van der Waals surface area contributed by atoms with Crippen LogP contribution in [0.5, 0.6) is 0 Å². The van der Waals surface area contributed by atoms with Gasteiger partial charge in [-0.3, -0.25) is 14.6 Å². The summed E-state index contributed by atoms with van der Waals surface area (Å²) in [6.07, 6.45) is 1.99. The molecule has 6 N–H and O–H groups in total. The fraction of sp³-hybridized carbons (Fsp3) is 0.759. The number of alkyl halides is 3. The van der Waals surface area contributed by atoms with Crippen molar-refractivity contribution >= 4 is 5.91 Å².